The number of benzene rings is 2. The van der Waals surface area contributed by atoms with Crippen LogP contribution in [0.3, 0.4) is 0 Å². The maximum absolute atomic E-state index is 12.3. The smallest absolute Gasteiger partial charge is 0.238 e. The first-order valence-electron chi connectivity index (χ1n) is 8.76. The first-order valence-corrected chi connectivity index (χ1v) is 9.14. The van der Waals surface area contributed by atoms with Gasteiger partial charge in [0.05, 0.1) is 18.7 Å². The minimum absolute atomic E-state index is 0.0252. The Morgan fingerprint density at radius 1 is 1.08 bits per heavy atom. The molecule has 0 saturated carbocycles. The molecule has 6 heteroatoms. The van der Waals surface area contributed by atoms with Crippen molar-refractivity contribution in [2.24, 2.45) is 0 Å². The molecule has 1 aliphatic heterocycles. The summed E-state index contributed by atoms with van der Waals surface area (Å²) in [5.74, 6) is 0.571. The van der Waals surface area contributed by atoms with Gasteiger partial charge in [0.2, 0.25) is 5.91 Å². The number of ether oxygens (including phenoxy) is 1. The lowest BCUT2D eigenvalue weighted by Crippen LogP contribution is -2.48. The maximum atomic E-state index is 12.3. The van der Waals surface area contributed by atoms with Gasteiger partial charge in [0.1, 0.15) is 5.75 Å². The van der Waals surface area contributed by atoms with Crippen molar-refractivity contribution >= 4 is 23.2 Å². The molecule has 1 aliphatic rings. The van der Waals surface area contributed by atoms with Gasteiger partial charge >= 0.3 is 0 Å². The van der Waals surface area contributed by atoms with Gasteiger partial charge in [0.15, 0.2) is 0 Å². The Bertz CT molecular complexity index is 731. The van der Waals surface area contributed by atoms with Crippen LogP contribution < -0.4 is 10.1 Å². The van der Waals surface area contributed by atoms with E-state index in [0.717, 1.165) is 32.7 Å². The molecule has 1 fully saturated rings. The van der Waals surface area contributed by atoms with Crippen LogP contribution in [0.5, 0.6) is 5.75 Å². The van der Waals surface area contributed by atoms with Gasteiger partial charge < -0.3 is 10.1 Å². The van der Waals surface area contributed by atoms with Gasteiger partial charge in [-0.1, -0.05) is 41.9 Å². The van der Waals surface area contributed by atoms with E-state index in [1.54, 1.807) is 25.3 Å². The second-order valence-corrected chi connectivity index (χ2v) is 6.84. The fourth-order valence-electron chi connectivity index (χ4n) is 3.09. The molecule has 1 N–H and O–H groups in total. The first kappa shape index (κ1) is 18.7. The standard InChI is InChI=1S/C20H24ClN3O2/c1-26-19-8-7-17(13-18(19)21)22-20(25)15-24-11-9-23(10-12-24)14-16-5-3-2-4-6-16/h2-8,13H,9-12,14-15H2,1H3,(H,22,25). The van der Waals surface area contributed by atoms with Crippen molar-refractivity contribution in [2.75, 3.05) is 45.2 Å². The number of halogens is 1. The van der Waals surface area contributed by atoms with Gasteiger partial charge in [-0.15, -0.1) is 0 Å². The zero-order valence-electron chi connectivity index (χ0n) is 15.0. The van der Waals surface area contributed by atoms with E-state index in [1.807, 2.05) is 6.07 Å². The minimum Gasteiger partial charge on any atom is -0.495 e. The summed E-state index contributed by atoms with van der Waals surface area (Å²) in [5, 5.41) is 3.38. The molecule has 2 aromatic carbocycles. The van der Waals surface area contributed by atoms with Gasteiger partial charge in [0.25, 0.3) is 0 Å². The average molecular weight is 374 g/mol. The van der Waals surface area contributed by atoms with Gasteiger partial charge in [-0.25, -0.2) is 0 Å². The van der Waals surface area contributed by atoms with E-state index in [4.69, 9.17) is 16.3 Å². The van der Waals surface area contributed by atoms with E-state index in [-0.39, 0.29) is 5.91 Å². The lowest BCUT2D eigenvalue weighted by atomic mass is 10.2. The Balaban J connectivity index is 1.44. The number of piperazine rings is 1. The number of methoxy groups -OCH3 is 1. The van der Waals surface area contributed by atoms with Crippen molar-refractivity contribution < 1.29 is 9.53 Å². The monoisotopic (exact) mass is 373 g/mol. The molecular weight excluding hydrogens is 350 g/mol. The molecule has 0 atom stereocenters. The Hall–Kier alpha value is -2.08. The van der Waals surface area contributed by atoms with Crippen LogP contribution >= 0.6 is 11.6 Å². The molecule has 1 amide bonds. The van der Waals surface area contributed by atoms with E-state index >= 15 is 0 Å². The number of anilines is 1. The molecule has 5 nitrogen and oxygen atoms in total. The maximum Gasteiger partial charge on any atom is 0.238 e. The lowest BCUT2D eigenvalue weighted by Gasteiger charge is -2.34. The van der Waals surface area contributed by atoms with E-state index in [1.165, 1.54) is 5.56 Å². The summed E-state index contributed by atoms with van der Waals surface area (Å²) in [4.78, 5) is 16.9. The van der Waals surface area contributed by atoms with Crippen LogP contribution in [0, 0.1) is 0 Å². The van der Waals surface area contributed by atoms with Crippen LogP contribution in [-0.4, -0.2) is 55.5 Å². The predicted octanol–water partition coefficient (Wildman–Crippen LogP) is 3.10. The number of nitrogens with one attached hydrogen (secondary N) is 1. The number of carbonyl (C=O) groups is 1. The van der Waals surface area contributed by atoms with Crippen LogP contribution in [-0.2, 0) is 11.3 Å². The third-order valence-electron chi connectivity index (χ3n) is 4.52. The lowest BCUT2D eigenvalue weighted by molar-refractivity contribution is -0.117. The molecule has 2 aromatic rings. The first-order chi connectivity index (χ1) is 12.6. The molecule has 0 radical (unpaired) electrons. The van der Waals surface area contributed by atoms with Crippen molar-refractivity contribution in [3.05, 3.63) is 59.1 Å². The average Bonchev–Trinajstić information content (AvgIpc) is 2.64. The predicted molar refractivity (Wildman–Crippen MR) is 105 cm³/mol. The molecule has 3 rings (SSSR count). The summed E-state index contributed by atoms with van der Waals surface area (Å²) in [6.45, 7) is 5.08. The van der Waals surface area contributed by atoms with Crippen molar-refractivity contribution in [3.63, 3.8) is 0 Å². The molecule has 138 valence electrons. The molecule has 0 bridgehead atoms. The highest BCUT2D eigenvalue weighted by atomic mass is 35.5. The van der Waals surface area contributed by atoms with Crippen LogP contribution in [0.4, 0.5) is 5.69 Å². The van der Waals surface area contributed by atoms with Crippen LogP contribution in [0.25, 0.3) is 0 Å². The zero-order valence-corrected chi connectivity index (χ0v) is 15.7. The van der Waals surface area contributed by atoms with Gasteiger partial charge in [-0.05, 0) is 23.8 Å². The molecular formula is C20H24ClN3O2. The second kappa shape index (κ2) is 9.03. The number of hydrogen-bond acceptors (Lipinski definition) is 4. The zero-order chi connectivity index (χ0) is 18.4. The quantitative estimate of drug-likeness (QED) is 0.845. The Morgan fingerprint density at radius 3 is 2.42 bits per heavy atom. The number of carbonyl (C=O) groups excluding carboxylic acids is 1. The van der Waals surface area contributed by atoms with Gasteiger partial charge in [-0.2, -0.15) is 0 Å². The SMILES string of the molecule is COc1ccc(NC(=O)CN2CCN(Cc3ccccc3)CC2)cc1Cl. The topological polar surface area (TPSA) is 44.8 Å². The summed E-state index contributed by atoms with van der Waals surface area (Å²) >= 11 is 6.10. The number of nitrogens with zero attached hydrogens (tertiary/aromatic N) is 2. The number of amides is 1. The summed E-state index contributed by atoms with van der Waals surface area (Å²) in [6, 6.07) is 15.7. The van der Waals surface area contributed by atoms with E-state index in [0.29, 0.717) is 23.0 Å². The molecule has 0 aliphatic carbocycles. The summed E-state index contributed by atoms with van der Waals surface area (Å²) in [7, 11) is 1.57. The largest absolute Gasteiger partial charge is 0.495 e. The van der Waals surface area contributed by atoms with Crippen molar-refractivity contribution in [1.29, 1.82) is 0 Å². The fraction of sp³-hybridized carbons (Fsp3) is 0.350. The summed E-state index contributed by atoms with van der Waals surface area (Å²) in [5.41, 5.74) is 2.01. The van der Waals surface area contributed by atoms with Crippen LogP contribution in [0.15, 0.2) is 48.5 Å². The van der Waals surface area contributed by atoms with Crippen molar-refractivity contribution in [3.8, 4) is 5.75 Å². The van der Waals surface area contributed by atoms with Crippen LogP contribution in [0.2, 0.25) is 5.02 Å². The highest BCUT2D eigenvalue weighted by Crippen LogP contribution is 2.27. The fourth-order valence-corrected chi connectivity index (χ4v) is 3.35. The summed E-state index contributed by atoms with van der Waals surface area (Å²) in [6.07, 6.45) is 0. The molecule has 1 heterocycles. The third kappa shape index (κ3) is 5.21. The third-order valence-corrected chi connectivity index (χ3v) is 4.81. The Labute approximate surface area is 159 Å². The number of rotatable bonds is 6. The highest BCUT2D eigenvalue weighted by Gasteiger charge is 2.19. The second-order valence-electron chi connectivity index (χ2n) is 6.44. The molecule has 1 saturated heterocycles. The van der Waals surface area contributed by atoms with Crippen LogP contribution in [0.1, 0.15) is 5.56 Å². The van der Waals surface area contributed by atoms with E-state index < -0.39 is 0 Å². The minimum atomic E-state index is -0.0252. The van der Waals surface area contributed by atoms with Crippen molar-refractivity contribution in [2.45, 2.75) is 6.54 Å². The van der Waals surface area contributed by atoms with Crippen molar-refractivity contribution in [1.82, 2.24) is 9.80 Å². The molecule has 0 aromatic heterocycles. The van der Waals surface area contributed by atoms with Gasteiger partial charge in [0, 0.05) is 38.4 Å². The normalized spacial score (nSPS) is 15.6. The Morgan fingerprint density at radius 2 is 1.77 bits per heavy atom. The molecule has 0 unspecified atom stereocenters. The van der Waals surface area contributed by atoms with Gasteiger partial charge in [-0.3, -0.25) is 14.6 Å². The Kier molecular flexibility index (Phi) is 6.50. The van der Waals surface area contributed by atoms with E-state index in [9.17, 15) is 4.79 Å². The highest BCUT2D eigenvalue weighted by molar-refractivity contribution is 6.32. The molecule has 26 heavy (non-hydrogen) atoms. The number of hydrogen-bond donors (Lipinski definition) is 1. The molecule has 0 spiro atoms. The van der Waals surface area contributed by atoms with E-state index in [2.05, 4.69) is 39.4 Å². The summed E-state index contributed by atoms with van der Waals surface area (Å²) < 4.78 is 5.12.